The predicted octanol–water partition coefficient (Wildman–Crippen LogP) is 5.58. The summed E-state index contributed by atoms with van der Waals surface area (Å²) in [7, 11) is 1.42. The van der Waals surface area contributed by atoms with Gasteiger partial charge in [0.25, 0.3) is 0 Å². The third-order valence-corrected chi connectivity index (χ3v) is 4.44. The van der Waals surface area contributed by atoms with Crippen LogP contribution in [0.4, 0.5) is 4.39 Å². The molecule has 0 aliphatic carbocycles. The van der Waals surface area contributed by atoms with Gasteiger partial charge in [-0.1, -0.05) is 23.7 Å². The average Bonchev–Trinajstić information content (AvgIpc) is 2.41. The molecule has 1 nitrogen and oxygen atoms in total. The van der Waals surface area contributed by atoms with Gasteiger partial charge in [0, 0.05) is 4.47 Å². The second-order valence-electron chi connectivity index (χ2n) is 3.93. The van der Waals surface area contributed by atoms with Crippen LogP contribution in [0.15, 0.2) is 40.9 Å². The topological polar surface area (TPSA) is 9.23 Å². The number of alkyl halides is 1. The van der Waals surface area contributed by atoms with Crippen molar-refractivity contribution in [2.45, 2.75) is 5.38 Å². The van der Waals surface area contributed by atoms with Crippen LogP contribution in [-0.2, 0) is 0 Å². The third-order valence-electron chi connectivity index (χ3n) is 2.70. The summed E-state index contributed by atoms with van der Waals surface area (Å²) in [6, 6.07) is 10.1. The fourth-order valence-electron chi connectivity index (χ4n) is 1.70. The van der Waals surface area contributed by atoms with Crippen LogP contribution in [0.1, 0.15) is 16.5 Å². The van der Waals surface area contributed by atoms with E-state index in [1.165, 1.54) is 13.2 Å². The van der Waals surface area contributed by atoms with Crippen LogP contribution in [0.5, 0.6) is 5.75 Å². The quantitative estimate of drug-likeness (QED) is 0.647. The van der Waals surface area contributed by atoms with Crippen LogP contribution in [0.25, 0.3) is 0 Å². The van der Waals surface area contributed by atoms with Gasteiger partial charge < -0.3 is 4.74 Å². The molecule has 2 aromatic rings. The zero-order chi connectivity index (χ0) is 14.0. The first-order valence-corrected chi connectivity index (χ1v) is 7.06. The van der Waals surface area contributed by atoms with E-state index in [1.54, 1.807) is 18.2 Å². The molecule has 5 heteroatoms. The van der Waals surface area contributed by atoms with Gasteiger partial charge in [-0.25, -0.2) is 4.39 Å². The Balaban J connectivity index is 2.35. The molecule has 0 aliphatic rings. The maximum atomic E-state index is 13.7. The maximum absolute atomic E-state index is 13.7. The van der Waals surface area contributed by atoms with E-state index in [4.69, 9.17) is 27.9 Å². The summed E-state index contributed by atoms with van der Waals surface area (Å²) >= 11 is 15.7. The lowest BCUT2D eigenvalue weighted by Gasteiger charge is -2.12. The summed E-state index contributed by atoms with van der Waals surface area (Å²) in [5, 5.41) is 0.100. The van der Waals surface area contributed by atoms with Gasteiger partial charge in [0.15, 0.2) is 11.6 Å². The molecular formula is C14H10BrCl2FO. The SMILES string of the molecule is COc1ccc(C(Cl)c2ccc(Br)c(Cl)c2)cc1F. The highest BCUT2D eigenvalue weighted by Gasteiger charge is 2.14. The van der Waals surface area contributed by atoms with Gasteiger partial charge in [-0.05, 0) is 51.3 Å². The fourth-order valence-corrected chi connectivity index (χ4v) is 2.41. The summed E-state index contributed by atoms with van der Waals surface area (Å²) in [6.45, 7) is 0. The van der Waals surface area contributed by atoms with Crippen molar-refractivity contribution in [3.05, 3.63) is 62.8 Å². The largest absolute Gasteiger partial charge is 0.494 e. The highest BCUT2D eigenvalue weighted by molar-refractivity contribution is 9.10. The lowest BCUT2D eigenvalue weighted by Crippen LogP contribution is -1.96. The third kappa shape index (κ3) is 3.22. The first-order valence-electron chi connectivity index (χ1n) is 5.45. The van der Waals surface area contributed by atoms with E-state index in [0.717, 1.165) is 10.0 Å². The molecule has 2 rings (SSSR count). The van der Waals surface area contributed by atoms with E-state index in [2.05, 4.69) is 15.9 Å². The second kappa shape index (κ2) is 6.12. The molecule has 0 aliphatic heterocycles. The molecule has 0 radical (unpaired) electrons. The Kier molecular flexibility index (Phi) is 4.71. The van der Waals surface area contributed by atoms with Crippen molar-refractivity contribution in [1.29, 1.82) is 0 Å². The van der Waals surface area contributed by atoms with E-state index in [-0.39, 0.29) is 5.75 Å². The van der Waals surface area contributed by atoms with Crippen LogP contribution in [0.3, 0.4) is 0 Å². The number of methoxy groups -OCH3 is 1. The molecule has 0 N–H and O–H groups in total. The number of hydrogen-bond acceptors (Lipinski definition) is 1. The highest BCUT2D eigenvalue weighted by Crippen LogP contribution is 2.34. The molecule has 0 heterocycles. The number of rotatable bonds is 3. The van der Waals surface area contributed by atoms with Gasteiger partial charge in [-0.2, -0.15) is 0 Å². The summed E-state index contributed by atoms with van der Waals surface area (Å²) in [5.74, 6) is -0.240. The minimum atomic E-state index is -0.467. The fraction of sp³-hybridized carbons (Fsp3) is 0.143. The molecule has 100 valence electrons. The van der Waals surface area contributed by atoms with Crippen LogP contribution < -0.4 is 4.74 Å². The van der Waals surface area contributed by atoms with Crippen LogP contribution in [-0.4, -0.2) is 7.11 Å². The molecule has 0 amide bonds. The van der Waals surface area contributed by atoms with Gasteiger partial charge in [0.2, 0.25) is 0 Å². The molecule has 1 atom stereocenters. The average molecular weight is 364 g/mol. The molecule has 2 aromatic carbocycles. The summed E-state index contributed by atoms with van der Waals surface area (Å²) in [6.07, 6.45) is 0. The predicted molar refractivity (Wildman–Crippen MR) is 79.8 cm³/mol. The summed E-state index contributed by atoms with van der Waals surface area (Å²) in [5.41, 5.74) is 1.46. The zero-order valence-corrected chi connectivity index (χ0v) is 13.1. The molecule has 19 heavy (non-hydrogen) atoms. The smallest absolute Gasteiger partial charge is 0.165 e. The summed E-state index contributed by atoms with van der Waals surface area (Å²) in [4.78, 5) is 0. The number of hydrogen-bond donors (Lipinski definition) is 0. The van der Waals surface area contributed by atoms with Crippen molar-refractivity contribution in [1.82, 2.24) is 0 Å². The van der Waals surface area contributed by atoms with Gasteiger partial charge in [-0.15, -0.1) is 11.6 Å². The van der Waals surface area contributed by atoms with E-state index < -0.39 is 11.2 Å². The zero-order valence-electron chi connectivity index (χ0n) is 9.96. The lowest BCUT2D eigenvalue weighted by molar-refractivity contribution is 0.386. The van der Waals surface area contributed by atoms with Gasteiger partial charge in [0.1, 0.15) is 0 Å². The first-order chi connectivity index (χ1) is 9.02. The molecule has 0 aromatic heterocycles. The maximum Gasteiger partial charge on any atom is 0.165 e. The number of halogens is 4. The summed E-state index contributed by atoms with van der Waals surface area (Å²) < 4.78 is 19.3. The first kappa shape index (κ1) is 14.6. The van der Waals surface area contributed by atoms with Crippen molar-refractivity contribution in [3.63, 3.8) is 0 Å². The van der Waals surface area contributed by atoms with Crippen LogP contribution in [0.2, 0.25) is 5.02 Å². The molecule has 0 spiro atoms. The van der Waals surface area contributed by atoms with Crippen LogP contribution >= 0.6 is 39.1 Å². The Labute approximate surface area is 129 Å². The Morgan fingerprint density at radius 3 is 2.37 bits per heavy atom. The molecule has 1 unspecified atom stereocenters. The van der Waals surface area contributed by atoms with E-state index >= 15 is 0 Å². The van der Waals surface area contributed by atoms with Crippen molar-refractivity contribution in [2.24, 2.45) is 0 Å². The Morgan fingerprint density at radius 2 is 1.79 bits per heavy atom. The molecule has 0 fully saturated rings. The number of benzene rings is 2. The van der Waals surface area contributed by atoms with E-state index in [0.29, 0.717) is 10.6 Å². The number of ether oxygens (including phenoxy) is 1. The van der Waals surface area contributed by atoms with Crippen molar-refractivity contribution < 1.29 is 9.13 Å². The minimum Gasteiger partial charge on any atom is -0.494 e. The Bertz CT molecular complexity index is 604. The molecule has 0 saturated carbocycles. The molecular weight excluding hydrogens is 354 g/mol. The highest BCUT2D eigenvalue weighted by atomic mass is 79.9. The Morgan fingerprint density at radius 1 is 1.16 bits per heavy atom. The van der Waals surface area contributed by atoms with Gasteiger partial charge in [0.05, 0.1) is 17.5 Å². The van der Waals surface area contributed by atoms with Crippen molar-refractivity contribution in [3.8, 4) is 5.75 Å². The monoisotopic (exact) mass is 362 g/mol. The van der Waals surface area contributed by atoms with Crippen molar-refractivity contribution >= 4 is 39.1 Å². The van der Waals surface area contributed by atoms with E-state index in [1.807, 2.05) is 12.1 Å². The van der Waals surface area contributed by atoms with Gasteiger partial charge in [-0.3, -0.25) is 0 Å². The van der Waals surface area contributed by atoms with Crippen LogP contribution in [0, 0.1) is 5.82 Å². The Hall–Kier alpha value is -0.770. The van der Waals surface area contributed by atoms with Gasteiger partial charge >= 0.3 is 0 Å². The minimum absolute atomic E-state index is 0.196. The van der Waals surface area contributed by atoms with E-state index in [9.17, 15) is 4.39 Å². The molecule has 0 saturated heterocycles. The molecule has 0 bridgehead atoms. The second-order valence-corrected chi connectivity index (χ2v) is 5.63. The van der Waals surface area contributed by atoms with Crippen molar-refractivity contribution in [2.75, 3.05) is 7.11 Å². The normalized spacial score (nSPS) is 12.3. The standard InChI is InChI=1S/C14H10BrCl2FO/c1-19-13-5-3-9(7-12(13)18)14(17)8-2-4-10(15)11(16)6-8/h2-7,14H,1H3. The lowest BCUT2D eigenvalue weighted by atomic mass is 10.0.